The van der Waals surface area contributed by atoms with Crippen LogP contribution in [0.25, 0.3) is 11.3 Å². The molecule has 25 heavy (non-hydrogen) atoms. The van der Waals surface area contributed by atoms with Gasteiger partial charge < -0.3 is 5.32 Å². The normalized spacial score (nSPS) is 14.2. The van der Waals surface area contributed by atoms with Crippen LogP contribution in [0.4, 0.5) is 0 Å². The van der Waals surface area contributed by atoms with E-state index in [1.807, 2.05) is 24.3 Å². The molecule has 2 heterocycles. The fourth-order valence-corrected chi connectivity index (χ4v) is 3.68. The molecule has 3 aromatic rings. The summed E-state index contributed by atoms with van der Waals surface area (Å²) < 4.78 is 2.15. The second-order valence-electron chi connectivity index (χ2n) is 6.30. The van der Waals surface area contributed by atoms with Crippen molar-refractivity contribution in [3.63, 3.8) is 0 Å². The van der Waals surface area contributed by atoms with E-state index >= 15 is 0 Å². The molecule has 128 valence electrons. The number of aromatic nitrogens is 2. The number of benzene rings is 2. The lowest BCUT2D eigenvalue weighted by Crippen LogP contribution is -2.17. The minimum absolute atomic E-state index is 0.567. The van der Waals surface area contributed by atoms with Gasteiger partial charge in [-0.3, -0.25) is 4.68 Å². The van der Waals surface area contributed by atoms with Gasteiger partial charge >= 0.3 is 0 Å². The van der Waals surface area contributed by atoms with Gasteiger partial charge in [0.2, 0.25) is 0 Å². The Kier molecular flexibility index (Phi) is 4.80. The second kappa shape index (κ2) is 7.20. The Morgan fingerprint density at radius 1 is 0.960 bits per heavy atom. The van der Waals surface area contributed by atoms with Crippen LogP contribution < -0.4 is 5.32 Å². The molecule has 0 fully saturated rings. The lowest BCUT2D eigenvalue weighted by Gasteiger charge is -2.07. The molecule has 0 aliphatic carbocycles. The third-order valence-corrected chi connectivity index (χ3v) is 5.36. The van der Waals surface area contributed by atoms with Crippen molar-refractivity contribution in [2.24, 2.45) is 0 Å². The summed E-state index contributed by atoms with van der Waals surface area (Å²) in [6.45, 7) is 2.73. The van der Waals surface area contributed by atoms with Gasteiger partial charge in [-0.25, -0.2) is 0 Å². The first-order valence-electron chi connectivity index (χ1n) is 8.51. The average Bonchev–Trinajstić information content (AvgIpc) is 2.81. The van der Waals surface area contributed by atoms with Crippen molar-refractivity contribution in [3.8, 4) is 11.3 Å². The smallest absolute Gasteiger partial charge is 0.0959 e. The molecular weight excluding hydrogens is 353 g/mol. The Morgan fingerprint density at radius 2 is 1.76 bits per heavy atom. The van der Waals surface area contributed by atoms with E-state index in [0.717, 1.165) is 43.7 Å². The van der Waals surface area contributed by atoms with Crippen molar-refractivity contribution in [2.45, 2.75) is 19.4 Å². The van der Waals surface area contributed by atoms with Crippen LogP contribution in [0.2, 0.25) is 10.0 Å². The first kappa shape index (κ1) is 16.6. The van der Waals surface area contributed by atoms with E-state index in [0.29, 0.717) is 10.0 Å². The van der Waals surface area contributed by atoms with Gasteiger partial charge in [-0.2, -0.15) is 5.10 Å². The molecule has 0 spiro atoms. The highest BCUT2D eigenvalue weighted by molar-refractivity contribution is 6.42. The number of rotatable bonds is 3. The lowest BCUT2D eigenvalue weighted by molar-refractivity contribution is 0.628. The topological polar surface area (TPSA) is 29.9 Å². The molecular formula is C20H19Cl2N3. The molecule has 3 nitrogen and oxygen atoms in total. The third kappa shape index (κ3) is 3.45. The van der Waals surface area contributed by atoms with Crippen LogP contribution in [0.1, 0.15) is 16.8 Å². The molecule has 2 aromatic carbocycles. The molecule has 0 bridgehead atoms. The standard InChI is InChI=1S/C20H19Cl2N3/c21-17-7-6-15(12-18(17)22)20-16-8-10-23-11-9-19(16)25(24-20)13-14-4-2-1-3-5-14/h1-7,12,23H,8-11,13H2. The van der Waals surface area contributed by atoms with Gasteiger partial charge in [-0.05, 0) is 30.7 Å². The van der Waals surface area contributed by atoms with Crippen LogP contribution in [0.3, 0.4) is 0 Å². The van der Waals surface area contributed by atoms with E-state index in [-0.39, 0.29) is 0 Å². The Hall–Kier alpha value is -1.81. The third-order valence-electron chi connectivity index (χ3n) is 4.63. The van der Waals surface area contributed by atoms with Crippen molar-refractivity contribution in [3.05, 3.63) is 75.4 Å². The summed E-state index contributed by atoms with van der Waals surface area (Å²) in [5, 5.41) is 9.58. The van der Waals surface area contributed by atoms with Crippen LogP contribution in [0.5, 0.6) is 0 Å². The largest absolute Gasteiger partial charge is 0.316 e. The van der Waals surface area contributed by atoms with Crippen molar-refractivity contribution in [1.82, 2.24) is 15.1 Å². The molecule has 0 saturated heterocycles. The van der Waals surface area contributed by atoms with Crippen molar-refractivity contribution >= 4 is 23.2 Å². The summed E-state index contributed by atoms with van der Waals surface area (Å²) in [7, 11) is 0. The molecule has 5 heteroatoms. The maximum Gasteiger partial charge on any atom is 0.0959 e. The fourth-order valence-electron chi connectivity index (χ4n) is 3.38. The van der Waals surface area contributed by atoms with E-state index in [1.54, 1.807) is 0 Å². The van der Waals surface area contributed by atoms with Gasteiger partial charge in [-0.1, -0.05) is 59.6 Å². The molecule has 0 unspecified atom stereocenters. The SMILES string of the molecule is Clc1ccc(-c2nn(Cc3ccccc3)c3c2CCNCC3)cc1Cl. The molecule has 0 saturated carbocycles. The maximum absolute atomic E-state index is 6.24. The van der Waals surface area contributed by atoms with Gasteiger partial charge in [0, 0.05) is 29.8 Å². The Bertz CT molecular complexity index is 887. The monoisotopic (exact) mass is 371 g/mol. The molecule has 0 amide bonds. The van der Waals surface area contributed by atoms with Gasteiger partial charge in [-0.15, -0.1) is 0 Å². The van der Waals surface area contributed by atoms with E-state index in [9.17, 15) is 0 Å². The average molecular weight is 372 g/mol. The molecule has 0 radical (unpaired) electrons. The summed E-state index contributed by atoms with van der Waals surface area (Å²) >= 11 is 12.3. The minimum atomic E-state index is 0.567. The Balaban J connectivity index is 1.80. The number of halogens is 2. The van der Waals surface area contributed by atoms with Gasteiger partial charge in [0.1, 0.15) is 0 Å². The summed E-state index contributed by atoms with van der Waals surface area (Å²) in [4.78, 5) is 0. The van der Waals surface area contributed by atoms with Crippen molar-refractivity contribution in [1.29, 1.82) is 0 Å². The summed E-state index contributed by atoms with van der Waals surface area (Å²) in [5.74, 6) is 0. The summed E-state index contributed by atoms with van der Waals surface area (Å²) in [6.07, 6.45) is 1.95. The first-order valence-corrected chi connectivity index (χ1v) is 9.26. The zero-order chi connectivity index (χ0) is 17.2. The molecule has 1 N–H and O–H groups in total. The van der Waals surface area contributed by atoms with E-state index < -0.39 is 0 Å². The van der Waals surface area contributed by atoms with E-state index in [4.69, 9.17) is 28.3 Å². The zero-order valence-electron chi connectivity index (χ0n) is 13.8. The predicted octanol–water partition coefficient (Wildman–Crippen LogP) is 4.59. The molecule has 1 aliphatic heterocycles. The van der Waals surface area contributed by atoms with Crippen molar-refractivity contribution in [2.75, 3.05) is 13.1 Å². The first-order chi connectivity index (χ1) is 12.2. The van der Waals surface area contributed by atoms with E-state index in [2.05, 4.69) is 34.3 Å². The molecule has 1 aromatic heterocycles. The maximum atomic E-state index is 6.24. The van der Waals surface area contributed by atoms with Gasteiger partial charge in [0.15, 0.2) is 0 Å². The summed E-state index contributed by atoms with van der Waals surface area (Å²) in [5.41, 5.74) is 5.94. The number of nitrogens with zero attached hydrogens (tertiary/aromatic N) is 2. The predicted molar refractivity (Wildman–Crippen MR) is 104 cm³/mol. The molecule has 4 rings (SSSR count). The second-order valence-corrected chi connectivity index (χ2v) is 7.11. The molecule has 0 atom stereocenters. The van der Waals surface area contributed by atoms with E-state index in [1.165, 1.54) is 16.8 Å². The van der Waals surface area contributed by atoms with Gasteiger partial charge in [0.25, 0.3) is 0 Å². The molecule has 1 aliphatic rings. The van der Waals surface area contributed by atoms with Crippen LogP contribution in [0.15, 0.2) is 48.5 Å². The number of hydrogen-bond acceptors (Lipinski definition) is 2. The highest BCUT2D eigenvalue weighted by atomic mass is 35.5. The fraction of sp³-hybridized carbons (Fsp3) is 0.250. The van der Waals surface area contributed by atoms with Gasteiger partial charge in [0.05, 0.1) is 22.3 Å². The zero-order valence-corrected chi connectivity index (χ0v) is 15.3. The highest BCUT2D eigenvalue weighted by Gasteiger charge is 2.21. The Morgan fingerprint density at radius 3 is 2.56 bits per heavy atom. The Labute approximate surface area is 157 Å². The number of hydrogen-bond donors (Lipinski definition) is 1. The quantitative estimate of drug-likeness (QED) is 0.729. The van der Waals surface area contributed by atoms with Crippen molar-refractivity contribution < 1.29 is 0 Å². The minimum Gasteiger partial charge on any atom is -0.316 e. The summed E-state index contributed by atoms with van der Waals surface area (Å²) in [6, 6.07) is 16.2. The highest BCUT2D eigenvalue weighted by Crippen LogP contribution is 2.32. The number of fused-ring (bicyclic) bond motifs is 1. The van der Waals surface area contributed by atoms with Crippen LogP contribution in [-0.2, 0) is 19.4 Å². The lowest BCUT2D eigenvalue weighted by atomic mass is 10.0. The van der Waals surface area contributed by atoms with Crippen LogP contribution in [-0.4, -0.2) is 22.9 Å². The number of nitrogens with one attached hydrogen (secondary N) is 1. The van der Waals surface area contributed by atoms with Crippen LogP contribution in [0, 0.1) is 0 Å². The van der Waals surface area contributed by atoms with Crippen LogP contribution >= 0.6 is 23.2 Å².